The molecule has 3 aromatic rings. The summed E-state index contributed by atoms with van der Waals surface area (Å²) in [6, 6.07) is 13.3. The molecule has 33 heavy (non-hydrogen) atoms. The van der Waals surface area contributed by atoms with Gasteiger partial charge in [0.25, 0.3) is 11.7 Å². The number of amides is 1. The van der Waals surface area contributed by atoms with Crippen molar-refractivity contribution in [2.24, 2.45) is 0 Å². The molecule has 1 unspecified atom stereocenters. The number of ketones is 1. The van der Waals surface area contributed by atoms with Crippen LogP contribution in [0, 0.1) is 12.7 Å². The number of Topliss-reactive ketones (excluding diaryl/α,β-unsaturated/α-hetero) is 1. The largest absolute Gasteiger partial charge is 0.507 e. The smallest absolute Gasteiger partial charge is 0.295 e. The molecule has 168 valence electrons. The second-order valence-corrected chi connectivity index (χ2v) is 7.75. The lowest BCUT2D eigenvalue weighted by atomic mass is 9.94. The molecule has 1 saturated heterocycles. The molecule has 1 atom stereocenters. The van der Waals surface area contributed by atoms with Gasteiger partial charge in [0, 0.05) is 24.5 Å². The van der Waals surface area contributed by atoms with Gasteiger partial charge in [0.15, 0.2) is 0 Å². The average Bonchev–Trinajstić information content (AvgIpc) is 3.06. The van der Waals surface area contributed by atoms with Crippen molar-refractivity contribution < 1.29 is 23.8 Å². The maximum Gasteiger partial charge on any atom is 0.295 e. The van der Waals surface area contributed by atoms with E-state index in [9.17, 15) is 19.1 Å². The highest BCUT2D eigenvalue weighted by molar-refractivity contribution is 6.46. The van der Waals surface area contributed by atoms with Crippen molar-refractivity contribution in [3.8, 4) is 5.75 Å². The van der Waals surface area contributed by atoms with Crippen molar-refractivity contribution in [2.75, 3.05) is 6.61 Å². The summed E-state index contributed by atoms with van der Waals surface area (Å²) in [6.07, 6.45) is 3.22. The molecular weight excluding hydrogens is 423 g/mol. The number of halogens is 1. The van der Waals surface area contributed by atoms with Crippen LogP contribution < -0.4 is 4.74 Å². The standard InChI is InChI=1S/C26H23FN2O4/c1-3-33-21-11-8-19(13-16(21)2)24(30)22-23(18-6-9-20(27)10-7-18)29(26(32)25(22)31)15-17-5-4-12-28-14-17/h4-14,23,30H,3,15H2,1-2H3/b24-22-. The van der Waals surface area contributed by atoms with Crippen LogP contribution in [0.25, 0.3) is 5.76 Å². The number of carbonyl (C=O) groups is 2. The first-order chi connectivity index (χ1) is 15.9. The number of rotatable bonds is 6. The summed E-state index contributed by atoms with van der Waals surface area (Å²) in [7, 11) is 0. The summed E-state index contributed by atoms with van der Waals surface area (Å²) in [4.78, 5) is 31.6. The second-order valence-electron chi connectivity index (χ2n) is 7.75. The first kappa shape index (κ1) is 22.2. The van der Waals surface area contributed by atoms with Gasteiger partial charge in [0.1, 0.15) is 17.3 Å². The van der Waals surface area contributed by atoms with Crippen LogP contribution in [0.3, 0.4) is 0 Å². The maximum absolute atomic E-state index is 13.6. The molecule has 0 spiro atoms. The minimum atomic E-state index is -0.877. The molecule has 6 nitrogen and oxygen atoms in total. The number of likely N-dealkylation sites (tertiary alicyclic amines) is 1. The van der Waals surface area contributed by atoms with Crippen molar-refractivity contribution >= 4 is 17.4 Å². The third-order valence-corrected chi connectivity index (χ3v) is 5.55. The third-order valence-electron chi connectivity index (χ3n) is 5.55. The Morgan fingerprint density at radius 2 is 1.91 bits per heavy atom. The zero-order valence-electron chi connectivity index (χ0n) is 18.3. The molecule has 1 aliphatic heterocycles. The zero-order chi connectivity index (χ0) is 23.5. The predicted octanol–water partition coefficient (Wildman–Crippen LogP) is 4.55. The molecule has 1 N–H and O–H groups in total. The summed E-state index contributed by atoms with van der Waals surface area (Å²) in [6.45, 7) is 4.32. The van der Waals surface area contributed by atoms with Gasteiger partial charge in [-0.2, -0.15) is 0 Å². The fourth-order valence-corrected chi connectivity index (χ4v) is 3.99. The van der Waals surface area contributed by atoms with Crippen molar-refractivity contribution in [1.82, 2.24) is 9.88 Å². The van der Waals surface area contributed by atoms with Gasteiger partial charge in [-0.3, -0.25) is 14.6 Å². The van der Waals surface area contributed by atoms with Crippen LogP contribution in [0.15, 0.2) is 72.6 Å². The van der Waals surface area contributed by atoms with Gasteiger partial charge < -0.3 is 14.7 Å². The molecule has 0 aliphatic carbocycles. The Kier molecular flexibility index (Phi) is 6.22. The molecule has 0 bridgehead atoms. The molecule has 0 radical (unpaired) electrons. The van der Waals surface area contributed by atoms with Gasteiger partial charge in [-0.05, 0) is 66.9 Å². The van der Waals surface area contributed by atoms with E-state index < -0.39 is 23.5 Å². The molecule has 4 rings (SSSR count). The number of nitrogens with zero attached hydrogens (tertiary/aromatic N) is 2. The predicted molar refractivity (Wildman–Crippen MR) is 121 cm³/mol. The van der Waals surface area contributed by atoms with Crippen LogP contribution in [0.1, 0.15) is 35.2 Å². The molecule has 0 saturated carbocycles. The van der Waals surface area contributed by atoms with Crippen LogP contribution in [0.4, 0.5) is 4.39 Å². The lowest BCUT2D eigenvalue weighted by Crippen LogP contribution is -2.29. The monoisotopic (exact) mass is 446 g/mol. The molecule has 1 aliphatic rings. The zero-order valence-corrected chi connectivity index (χ0v) is 18.3. The molecule has 1 amide bonds. The third kappa shape index (κ3) is 4.35. The Hall–Kier alpha value is -4.00. The summed E-state index contributed by atoms with van der Waals surface area (Å²) in [5.74, 6) is -1.59. The highest BCUT2D eigenvalue weighted by atomic mass is 19.1. The summed E-state index contributed by atoms with van der Waals surface area (Å²) in [5.41, 5.74) is 2.37. The number of aliphatic hydroxyl groups is 1. The van der Waals surface area contributed by atoms with Crippen LogP contribution in [-0.4, -0.2) is 33.3 Å². The minimum absolute atomic E-state index is 0.0425. The van der Waals surface area contributed by atoms with Crippen molar-refractivity contribution in [1.29, 1.82) is 0 Å². The van der Waals surface area contributed by atoms with Gasteiger partial charge in [-0.25, -0.2) is 4.39 Å². The number of carbonyl (C=O) groups excluding carboxylic acids is 2. The van der Waals surface area contributed by atoms with Gasteiger partial charge in [-0.1, -0.05) is 18.2 Å². The highest BCUT2D eigenvalue weighted by Gasteiger charge is 2.46. The fraction of sp³-hybridized carbons (Fsp3) is 0.192. The Balaban J connectivity index is 1.84. The van der Waals surface area contributed by atoms with Gasteiger partial charge in [0.05, 0.1) is 18.2 Å². The molecule has 7 heteroatoms. The summed E-state index contributed by atoms with van der Waals surface area (Å²) in [5, 5.41) is 11.2. The topological polar surface area (TPSA) is 79.7 Å². The molecule has 1 aromatic heterocycles. The Labute approximate surface area is 191 Å². The fourth-order valence-electron chi connectivity index (χ4n) is 3.99. The van der Waals surface area contributed by atoms with E-state index in [0.717, 1.165) is 11.1 Å². The normalized spacial score (nSPS) is 17.4. The molecule has 2 aromatic carbocycles. The Morgan fingerprint density at radius 1 is 1.15 bits per heavy atom. The van der Waals surface area contributed by atoms with E-state index in [1.165, 1.54) is 29.2 Å². The summed E-state index contributed by atoms with van der Waals surface area (Å²) >= 11 is 0. The number of hydrogen-bond donors (Lipinski definition) is 1. The highest BCUT2D eigenvalue weighted by Crippen LogP contribution is 2.40. The van der Waals surface area contributed by atoms with E-state index in [-0.39, 0.29) is 17.9 Å². The van der Waals surface area contributed by atoms with E-state index in [0.29, 0.717) is 23.5 Å². The van der Waals surface area contributed by atoms with Gasteiger partial charge in [0.2, 0.25) is 0 Å². The SMILES string of the molecule is CCOc1ccc(/C(O)=C2/C(=O)C(=O)N(Cc3cccnc3)C2c2ccc(F)cc2)cc1C. The van der Waals surface area contributed by atoms with E-state index in [1.807, 2.05) is 13.8 Å². The van der Waals surface area contributed by atoms with Crippen molar-refractivity contribution in [2.45, 2.75) is 26.4 Å². The number of ether oxygens (including phenoxy) is 1. The van der Waals surface area contributed by atoms with Crippen LogP contribution >= 0.6 is 0 Å². The average molecular weight is 446 g/mol. The second kappa shape index (κ2) is 9.24. The number of aliphatic hydroxyl groups excluding tert-OH is 1. The van der Waals surface area contributed by atoms with Gasteiger partial charge in [-0.15, -0.1) is 0 Å². The minimum Gasteiger partial charge on any atom is -0.507 e. The van der Waals surface area contributed by atoms with Gasteiger partial charge >= 0.3 is 0 Å². The quantitative estimate of drug-likeness (QED) is 0.341. The first-order valence-corrected chi connectivity index (χ1v) is 10.6. The molecule has 2 heterocycles. The number of benzene rings is 2. The Bertz CT molecular complexity index is 1220. The number of aromatic nitrogens is 1. The number of hydrogen-bond acceptors (Lipinski definition) is 5. The molecular formula is C26H23FN2O4. The lowest BCUT2D eigenvalue weighted by Gasteiger charge is -2.25. The van der Waals surface area contributed by atoms with E-state index >= 15 is 0 Å². The van der Waals surface area contributed by atoms with Crippen molar-refractivity contribution in [3.05, 3.63) is 101 Å². The maximum atomic E-state index is 13.6. The lowest BCUT2D eigenvalue weighted by molar-refractivity contribution is -0.140. The van der Waals surface area contributed by atoms with E-state index in [2.05, 4.69) is 4.98 Å². The first-order valence-electron chi connectivity index (χ1n) is 10.6. The number of aryl methyl sites for hydroxylation is 1. The van der Waals surface area contributed by atoms with Crippen molar-refractivity contribution in [3.63, 3.8) is 0 Å². The molecule has 1 fully saturated rings. The van der Waals surface area contributed by atoms with Crippen LogP contribution in [0.2, 0.25) is 0 Å². The summed E-state index contributed by atoms with van der Waals surface area (Å²) < 4.78 is 19.2. The van der Waals surface area contributed by atoms with Crippen LogP contribution in [0.5, 0.6) is 5.75 Å². The van der Waals surface area contributed by atoms with E-state index in [1.54, 1.807) is 42.7 Å². The van der Waals surface area contributed by atoms with Crippen LogP contribution in [-0.2, 0) is 16.1 Å². The Morgan fingerprint density at radius 3 is 2.55 bits per heavy atom. The number of pyridine rings is 1. The van der Waals surface area contributed by atoms with E-state index in [4.69, 9.17) is 4.74 Å².